The van der Waals surface area contributed by atoms with Gasteiger partial charge in [-0.05, 0) is 43.5 Å². The van der Waals surface area contributed by atoms with Crippen LogP contribution in [-0.2, 0) is 11.2 Å². The number of carbonyl (C=O) groups excluding carboxylic acids is 1. The van der Waals surface area contributed by atoms with Gasteiger partial charge in [0.15, 0.2) is 0 Å². The minimum Gasteiger partial charge on any atom is -0.496 e. The van der Waals surface area contributed by atoms with Crippen molar-refractivity contribution in [1.82, 2.24) is 5.32 Å². The molecule has 0 aliphatic rings. The molecule has 23 heavy (non-hydrogen) atoms. The minimum atomic E-state index is 0.0609. The van der Waals surface area contributed by atoms with Gasteiger partial charge in [0.2, 0.25) is 5.91 Å². The molecule has 0 aliphatic carbocycles. The summed E-state index contributed by atoms with van der Waals surface area (Å²) in [4.78, 5) is 13.2. The molecule has 3 nitrogen and oxygen atoms in total. The van der Waals surface area contributed by atoms with Gasteiger partial charge >= 0.3 is 0 Å². The van der Waals surface area contributed by atoms with Crippen LogP contribution in [0.3, 0.4) is 0 Å². The van der Waals surface area contributed by atoms with Crippen LogP contribution in [0, 0.1) is 13.8 Å². The minimum absolute atomic E-state index is 0.0609. The lowest BCUT2D eigenvalue weighted by molar-refractivity contribution is -0.118. The van der Waals surface area contributed by atoms with Gasteiger partial charge in [0.25, 0.3) is 0 Å². The van der Waals surface area contributed by atoms with Crippen molar-refractivity contribution in [3.8, 4) is 5.75 Å². The molecule has 1 amide bonds. The summed E-state index contributed by atoms with van der Waals surface area (Å²) >= 11 is 1.59. The number of para-hydroxylation sites is 1. The van der Waals surface area contributed by atoms with Gasteiger partial charge in [-0.25, -0.2) is 0 Å². The molecule has 2 aromatic carbocycles. The topological polar surface area (TPSA) is 38.3 Å². The molecule has 1 N–H and O–H groups in total. The van der Waals surface area contributed by atoms with Crippen LogP contribution in [0.4, 0.5) is 0 Å². The highest BCUT2D eigenvalue weighted by molar-refractivity contribution is 8.00. The Morgan fingerprint density at radius 3 is 2.74 bits per heavy atom. The van der Waals surface area contributed by atoms with Gasteiger partial charge in [-0.3, -0.25) is 4.79 Å². The lowest BCUT2D eigenvalue weighted by atomic mass is 10.1. The van der Waals surface area contributed by atoms with Crippen molar-refractivity contribution in [3.63, 3.8) is 0 Å². The van der Waals surface area contributed by atoms with Crippen molar-refractivity contribution < 1.29 is 9.53 Å². The molecule has 0 heterocycles. The Labute approximate surface area is 142 Å². The number of nitrogens with one attached hydrogen (secondary N) is 1. The zero-order valence-electron chi connectivity index (χ0n) is 13.9. The molecule has 0 bridgehead atoms. The zero-order chi connectivity index (χ0) is 16.7. The first kappa shape index (κ1) is 17.4. The van der Waals surface area contributed by atoms with Crippen LogP contribution in [0.15, 0.2) is 47.4 Å². The average Bonchev–Trinajstić information content (AvgIpc) is 2.56. The van der Waals surface area contributed by atoms with Gasteiger partial charge in [-0.2, -0.15) is 0 Å². The third-order valence-corrected chi connectivity index (χ3v) is 4.77. The lowest BCUT2D eigenvalue weighted by Crippen LogP contribution is -2.27. The molecule has 0 radical (unpaired) electrons. The molecular formula is C19H23NO2S. The molecule has 0 spiro atoms. The molecule has 0 unspecified atom stereocenters. The molecule has 2 aromatic rings. The first-order valence-corrected chi connectivity index (χ1v) is 8.67. The summed E-state index contributed by atoms with van der Waals surface area (Å²) in [6, 6.07) is 14.2. The summed E-state index contributed by atoms with van der Waals surface area (Å²) in [5, 5.41) is 2.97. The maximum Gasteiger partial charge on any atom is 0.230 e. The van der Waals surface area contributed by atoms with Crippen molar-refractivity contribution in [2.75, 3.05) is 19.4 Å². The second-order valence-electron chi connectivity index (χ2n) is 5.47. The van der Waals surface area contributed by atoms with Gasteiger partial charge < -0.3 is 10.1 Å². The van der Waals surface area contributed by atoms with Crippen LogP contribution in [-0.4, -0.2) is 25.3 Å². The van der Waals surface area contributed by atoms with E-state index in [1.54, 1.807) is 18.9 Å². The summed E-state index contributed by atoms with van der Waals surface area (Å²) < 4.78 is 5.32. The van der Waals surface area contributed by atoms with Crippen molar-refractivity contribution in [3.05, 3.63) is 59.2 Å². The summed E-state index contributed by atoms with van der Waals surface area (Å²) in [5.41, 5.74) is 3.54. The van der Waals surface area contributed by atoms with E-state index in [-0.39, 0.29) is 5.91 Å². The van der Waals surface area contributed by atoms with Crippen molar-refractivity contribution in [1.29, 1.82) is 0 Å². The Morgan fingerprint density at radius 2 is 1.96 bits per heavy atom. The first-order valence-electron chi connectivity index (χ1n) is 7.69. The molecule has 0 saturated heterocycles. The smallest absolute Gasteiger partial charge is 0.230 e. The van der Waals surface area contributed by atoms with E-state index in [9.17, 15) is 4.79 Å². The van der Waals surface area contributed by atoms with Gasteiger partial charge in [-0.1, -0.05) is 35.9 Å². The third-order valence-electron chi connectivity index (χ3n) is 3.61. The standard InChI is InChI=1S/C19H23NO2S/c1-14-8-9-15(2)18(12-14)23-13-19(21)20-11-10-16-6-4-5-7-17(16)22-3/h4-9,12H,10-11,13H2,1-3H3,(H,20,21). The highest BCUT2D eigenvalue weighted by Gasteiger charge is 2.06. The molecule has 0 saturated carbocycles. The maximum absolute atomic E-state index is 12.0. The molecular weight excluding hydrogens is 306 g/mol. The predicted octanol–water partition coefficient (Wildman–Crippen LogP) is 3.76. The fourth-order valence-corrected chi connectivity index (χ4v) is 3.26. The van der Waals surface area contributed by atoms with E-state index in [0.717, 1.165) is 17.7 Å². The van der Waals surface area contributed by atoms with Crippen molar-refractivity contribution >= 4 is 17.7 Å². The summed E-state index contributed by atoms with van der Waals surface area (Å²) in [7, 11) is 1.66. The van der Waals surface area contributed by atoms with Crippen LogP contribution < -0.4 is 10.1 Å². The van der Waals surface area contributed by atoms with E-state index < -0.39 is 0 Å². The first-order chi connectivity index (χ1) is 11.1. The third kappa shape index (κ3) is 5.32. The lowest BCUT2D eigenvalue weighted by Gasteiger charge is -2.10. The number of aryl methyl sites for hydroxylation is 2. The Kier molecular flexibility index (Phi) is 6.53. The van der Waals surface area contributed by atoms with Crippen LogP contribution >= 0.6 is 11.8 Å². The largest absolute Gasteiger partial charge is 0.496 e. The molecule has 0 aromatic heterocycles. The van der Waals surface area contributed by atoms with E-state index in [1.165, 1.54) is 16.0 Å². The highest BCUT2D eigenvalue weighted by atomic mass is 32.2. The molecule has 0 aliphatic heterocycles. The number of carbonyl (C=O) groups is 1. The highest BCUT2D eigenvalue weighted by Crippen LogP contribution is 2.23. The quantitative estimate of drug-likeness (QED) is 0.786. The number of methoxy groups -OCH3 is 1. The summed E-state index contributed by atoms with van der Waals surface area (Å²) in [6.45, 7) is 4.75. The molecule has 122 valence electrons. The SMILES string of the molecule is COc1ccccc1CCNC(=O)CSc1cc(C)ccc1C. The van der Waals surface area contributed by atoms with E-state index in [4.69, 9.17) is 4.74 Å². The van der Waals surface area contributed by atoms with Crippen molar-refractivity contribution in [2.24, 2.45) is 0 Å². The van der Waals surface area contributed by atoms with Gasteiger partial charge in [0.1, 0.15) is 5.75 Å². The predicted molar refractivity (Wildman–Crippen MR) is 96.3 cm³/mol. The fourth-order valence-electron chi connectivity index (χ4n) is 2.30. The summed E-state index contributed by atoms with van der Waals surface area (Å²) in [6.07, 6.45) is 0.768. The number of amides is 1. The molecule has 4 heteroatoms. The number of ether oxygens (including phenoxy) is 1. The summed E-state index contributed by atoms with van der Waals surface area (Å²) in [5.74, 6) is 1.37. The molecule has 2 rings (SSSR count). The average molecular weight is 329 g/mol. The van der Waals surface area contributed by atoms with Crippen LogP contribution in [0.5, 0.6) is 5.75 Å². The van der Waals surface area contributed by atoms with Crippen LogP contribution in [0.1, 0.15) is 16.7 Å². The van der Waals surface area contributed by atoms with Gasteiger partial charge in [-0.15, -0.1) is 11.8 Å². The van der Waals surface area contributed by atoms with E-state index >= 15 is 0 Å². The Morgan fingerprint density at radius 1 is 1.17 bits per heavy atom. The van der Waals surface area contributed by atoms with E-state index in [0.29, 0.717) is 12.3 Å². The second-order valence-corrected chi connectivity index (χ2v) is 6.49. The van der Waals surface area contributed by atoms with Crippen LogP contribution in [0.2, 0.25) is 0 Å². The Hall–Kier alpha value is -1.94. The Balaban J connectivity index is 1.78. The zero-order valence-corrected chi connectivity index (χ0v) is 14.7. The van der Waals surface area contributed by atoms with E-state index in [2.05, 4.69) is 37.4 Å². The second kappa shape index (κ2) is 8.63. The van der Waals surface area contributed by atoms with Crippen molar-refractivity contribution in [2.45, 2.75) is 25.2 Å². The Bertz CT molecular complexity index is 670. The maximum atomic E-state index is 12.0. The van der Waals surface area contributed by atoms with Gasteiger partial charge in [0, 0.05) is 11.4 Å². The molecule has 0 fully saturated rings. The van der Waals surface area contributed by atoms with Crippen LogP contribution in [0.25, 0.3) is 0 Å². The molecule has 0 atom stereocenters. The van der Waals surface area contributed by atoms with E-state index in [1.807, 2.05) is 24.3 Å². The number of hydrogen-bond acceptors (Lipinski definition) is 3. The number of benzene rings is 2. The monoisotopic (exact) mass is 329 g/mol. The van der Waals surface area contributed by atoms with Gasteiger partial charge in [0.05, 0.1) is 12.9 Å². The number of hydrogen-bond donors (Lipinski definition) is 1. The number of rotatable bonds is 7. The fraction of sp³-hybridized carbons (Fsp3) is 0.316. The number of thioether (sulfide) groups is 1. The normalized spacial score (nSPS) is 10.4.